The van der Waals surface area contributed by atoms with Gasteiger partial charge in [0.1, 0.15) is 6.61 Å². The molecule has 0 heterocycles. The van der Waals surface area contributed by atoms with Crippen LogP contribution in [0.5, 0.6) is 0 Å². The molecule has 0 amide bonds. The third-order valence-electron chi connectivity index (χ3n) is 1.55. The zero-order valence-electron chi connectivity index (χ0n) is 10.8. The maximum atomic E-state index is 11.2. The van der Waals surface area contributed by atoms with Gasteiger partial charge in [0.05, 0.1) is 12.2 Å². The molecule has 0 atom stereocenters. The molecule has 0 aliphatic heterocycles. The Balaban J connectivity index is 4.10. The molecule has 16 heavy (non-hydrogen) atoms. The van der Waals surface area contributed by atoms with Gasteiger partial charge in [-0.25, -0.2) is 4.79 Å². The van der Waals surface area contributed by atoms with Crippen molar-refractivity contribution in [3.8, 4) is 0 Å². The van der Waals surface area contributed by atoms with Crippen LogP contribution in [0.3, 0.4) is 0 Å². The maximum Gasteiger partial charge on any atom is 0.333 e. The first kappa shape index (κ1) is 15.1. The predicted molar refractivity (Wildman–Crippen MR) is 62.0 cm³/mol. The lowest BCUT2D eigenvalue weighted by molar-refractivity contribution is -0.205. The van der Waals surface area contributed by atoms with Crippen molar-refractivity contribution in [1.29, 1.82) is 0 Å². The van der Waals surface area contributed by atoms with Crippen molar-refractivity contribution in [2.24, 2.45) is 0 Å². The molecule has 94 valence electrons. The number of rotatable bonds is 7. The number of hydrogen-bond acceptors (Lipinski definition) is 4. The summed E-state index contributed by atoms with van der Waals surface area (Å²) >= 11 is 0. The quantitative estimate of drug-likeness (QED) is 0.382. The fraction of sp³-hybridized carbons (Fsp3) is 0.750. The molecule has 4 nitrogen and oxygen atoms in total. The van der Waals surface area contributed by atoms with E-state index in [0.717, 1.165) is 0 Å². The van der Waals surface area contributed by atoms with Gasteiger partial charge in [-0.05, 0) is 34.6 Å². The molecular weight excluding hydrogens is 208 g/mol. The fourth-order valence-corrected chi connectivity index (χ4v) is 0.985. The van der Waals surface area contributed by atoms with Gasteiger partial charge < -0.3 is 14.2 Å². The molecule has 0 saturated heterocycles. The van der Waals surface area contributed by atoms with Gasteiger partial charge >= 0.3 is 5.97 Å². The summed E-state index contributed by atoms with van der Waals surface area (Å²) in [4.78, 5) is 11.2. The van der Waals surface area contributed by atoms with Crippen LogP contribution in [-0.4, -0.2) is 31.1 Å². The van der Waals surface area contributed by atoms with Gasteiger partial charge in [0.25, 0.3) is 0 Å². The molecule has 0 aliphatic carbocycles. The van der Waals surface area contributed by atoms with E-state index < -0.39 is 12.3 Å². The highest BCUT2D eigenvalue weighted by Gasteiger charge is 2.16. The number of hydrogen-bond donors (Lipinski definition) is 0. The van der Waals surface area contributed by atoms with E-state index in [0.29, 0.717) is 5.57 Å². The van der Waals surface area contributed by atoms with Crippen molar-refractivity contribution in [3.63, 3.8) is 0 Å². The Labute approximate surface area is 97.6 Å². The first-order chi connectivity index (χ1) is 7.32. The van der Waals surface area contributed by atoms with E-state index in [1.165, 1.54) is 0 Å². The Hall–Kier alpha value is -0.870. The largest absolute Gasteiger partial charge is 0.457 e. The Morgan fingerprint density at radius 1 is 1.12 bits per heavy atom. The molecule has 4 heteroatoms. The van der Waals surface area contributed by atoms with Crippen molar-refractivity contribution in [2.75, 3.05) is 6.61 Å². The van der Waals surface area contributed by atoms with Crippen molar-refractivity contribution in [1.82, 2.24) is 0 Å². The summed E-state index contributed by atoms with van der Waals surface area (Å²) in [5.74, 6) is -0.426. The molecule has 0 aromatic carbocycles. The van der Waals surface area contributed by atoms with E-state index in [-0.39, 0.29) is 18.8 Å². The number of esters is 1. The van der Waals surface area contributed by atoms with Crippen LogP contribution < -0.4 is 0 Å². The van der Waals surface area contributed by atoms with E-state index >= 15 is 0 Å². The highest BCUT2D eigenvalue weighted by atomic mass is 16.7. The summed E-state index contributed by atoms with van der Waals surface area (Å²) in [6.07, 6.45) is -0.483. The highest BCUT2D eigenvalue weighted by Crippen LogP contribution is 2.05. The summed E-state index contributed by atoms with van der Waals surface area (Å²) in [6.45, 7) is 12.8. The van der Waals surface area contributed by atoms with Crippen molar-refractivity contribution in [3.05, 3.63) is 12.2 Å². The minimum absolute atomic E-state index is 0.0206. The second-order valence-electron chi connectivity index (χ2n) is 4.18. The molecule has 0 rings (SSSR count). The monoisotopic (exact) mass is 230 g/mol. The molecule has 0 aliphatic rings. The minimum Gasteiger partial charge on any atom is -0.457 e. The third-order valence-corrected chi connectivity index (χ3v) is 1.55. The van der Waals surface area contributed by atoms with Gasteiger partial charge in [0.2, 0.25) is 0 Å². The van der Waals surface area contributed by atoms with Crippen LogP contribution in [-0.2, 0) is 19.0 Å². The van der Waals surface area contributed by atoms with Gasteiger partial charge in [-0.3, -0.25) is 0 Å². The lowest BCUT2D eigenvalue weighted by atomic mass is 10.4. The second kappa shape index (κ2) is 7.41. The van der Waals surface area contributed by atoms with Gasteiger partial charge in [0.15, 0.2) is 6.29 Å². The molecular formula is C12H22O4. The maximum absolute atomic E-state index is 11.2. The van der Waals surface area contributed by atoms with Crippen LogP contribution in [0.15, 0.2) is 12.2 Å². The lowest BCUT2D eigenvalue weighted by Crippen LogP contribution is -2.30. The average molecular weight is 230 g/mol. The molecule has 0 saturated carbocycles. The van der Waals surface area contributed by atoms with Crippen molar-refractivity contribution < 1.29 is 19.0 Å². The van der Waals surface area contributed by atoms with Crippen molar-refractivity contribution in [2.45, 2.75) is 53.1 Å². The average Bonchev–Trinajstić information content (AvgIpc) is 2.11. The number of carbonyl (C=O) groups excluding carboxylic acids is 1. The molecule has 0 fully saturated rings. The molecule has 0 aromatic rings. The second-order valence-corrected chi connectivity index (χ2v) is 4.18. The first-order valence-corrected chi connectivity index (χ1v) is 5.46. The molecule has 0 aromatic heterocycles. The summed E-state index contributed by atoms with van der Waals surface area (Å²) in [6, 6.07) is 0. The normalized spacial score (nSPS) is 11.2. The number of ether oxygens (including phenoxy) is 3. The smallest absolute Gasteiger partial charge is 0.333 e. The molecule has 0 spiro atoms. The Morgan fingerprint density at radius 2 is 1.56 bits per heavy atom. The number of carbonyl (C=O) groups is 1. The summed E-state index contributed by atoms with van der Waals surface area (Å²) in [5.41, 5.74) is 0.368. The van der Waals surface area contributed by atoms with Gasteiger partial charge in [-0.2, -0.15) is 0 Å². The fourth-order valence-electron chi connectivity index (χ4n) is 0.985. The lowest BCUT2D eigenvalue weighted by Gasteiger charge is -2.22. The highest BCUT2D eigenvalue weighted by molar-refractivity contribution is 5.86. The minimum atomic E-state index is -0.525. The Kier molecular flexibility index (Phi) is 7.01. The molecule has 0 bridgehead atoms. The van der Waals surface area contributed by atoms with Crippen LogP contribution in [0.1, 0.15) is 34.6 Å². The van der Waals surface area contributed by atoms with Crippen LogP contribution in [0, 0.1) is 0 Å². The first-order valence-electron chi connectivity index (χ1n) is 5.46. The van der Waals surface area contributed by atoms with Crippen LogP contribution in [0.25, 0.3) is 0 Å². The SMILES string of the molecule is C=C(C)C(=O)OCC(OC(C)C)OC(C)C. The Bertz CT molecular complexity index is 223. The topological polar surface area (TPSA) is 44.8 Å². The van der Waals surface area contributed by atoms with Gasteiger partial charge in [-0.15, -0.1) is 0 Å². The van der Waals surface area contributed by atoms with Crippen LogP contribution in [0.4, 0.5) is 0 Å². The van der Waals surface area contributed by atoms with E-state index in [1.807, 2.05) is 27.7 Å². The zero-order valence-corrected chi connectivity index (χ0v) is 10.8. The molecule has 0 unspecified atom stereocenters. The van der Waals surface area contributed by atoms with E-state index in [4.69, 9.17) is 14.2 Å². The molecule has 0 radical (unpaired) electrons. The van der Waals surface area contributed by atoms with E-state index in [9.17, 15) is 4.79 Å². The van der Waals surface area contributed by atoms with Gasteiger partial charge in [0, 0.05) is 5.57 Å². The zero-order chi connectivity index (χ0) is 12.7. The van der Waals surface area contributed by atoms with Gasteiger partial charge in [-0.1, -0.05) is 6.58 Å². The summed E-state index contributed by atoms with van der Waals surface area (Å²) < 4.78 is 15.9. The van der Waals surface area contributed by atoms with Crippen LogP contribution in [0.2, 0.25) is 0 Å². The third kappa shape index (κ3) is 7.43. The standard InChI is InChI=1S/C12H22O4/c1-8(2)12(13)14-7-11(15-9(3)4)16-10(5)6/h9-11H,1,7H2,2-6H3. The van der Waals surface area contributed by atoms with Crippen LogP contribution >= 0.6 is 0 Å². The predicted octanol–water partition coefficient (Wildman–Crippen LogP) is 2.28. The van der Waals surface area contributed by atoms with E-state index in [2.05, 4.69) is 6.58 Å². The summed E-state index contributed by atoms with van der Waals surface area (Å²) in [7, 11) is 0. The van der Waals surface area contributed by atoms with Crippen molar-refractivity contribution >= 4 is 5.97 Å². The summed E-state index contributed by atoms with van der Waals surface area (Å²) in [5, 5.41) is 0. The van der Waals surface area contributed by atoms with E-state index in [1.54, 1.807) is 6.92 Å². The Morgan fingerprint density at radius 3 is 1.88 bits per heavy atom. The molecule has 0 N–H and O–H groups in total.